The summed E-state index contributed by atoms with van der Waals surface area (Å²) in [4.78, 5) is 12.2. The number of benzene rings is 1. The molecule has 1 aromatic carbocycles. The summed E-state index contributed by atoms with van der Waals surface area (Å²) < 4.78 is 34.2. The SMILES string of the molecule is COc1ccc(NC(=O)Cn2cccn2)cc1S(=O)(=O)N1CCCCC1. The van der Waals surface area contributed by atoms with Gasteiger partial charge in [-0.15, -0.1) is 0 Å². The van der Waals surface area contributed by atoms with Crippen LogP contribution in [0.25, 0.3) is 0 Å². The Kier molecular flexibility index (Phi) is 5.58. The second-order valence-electron chi connectivity index (χ2n) is 6.08. The first kappa shape index (κ1) is 18.4. The third-order valence-corrected chi connectivity index (χ3v) is 6.16. The quantitative estimate of drug-likeness (QED) is 0.826. The van der Waals surface area contributed by atoms with Crippen molar-refractivity contribution in [1.29, 1.82) is 0 Å². The van der Waals surface area contributed by atoms with Crippen LogP contribution in [0.15, 0.2) is 41.6 Å². The highest BCUT2D eigenvalue weighted by molar-refractivity contribution is 7.89. The average molecular weight is 378 g/mol. The number of rotatable bonds is 6. The predicted molar refractivity (Wildman–Crippen MR) is 96.5 cm³/mol. The van der Waals surface area contributed by atoms with Gasteiger partial charge < -0.3 is 10.1 Å². The smallest absolute Gasteiger partial charge is 0.246 e. The van der Waals surface area contributed by atoms with Crippen molar-refractivity contribution in [3.63, 3.8) is 0 Å². The maximum Gasteiger partial charge on any atom is 0.246 e. The van der Waals surface area contributed by atoms with Gasteiger partial charge in [0, 0.05) is 31.2 Å². The van der Waals surface area contributed by atoms with Gasteiger partial charge in [-0.2, -0.15) is 9.40 Å². The number of nitrogens with zero attached hydrogens (tertiary/aromatic N) is 3. The molecule has 1 fully saturated rings. The van der Waals surface area contributed by atoms with Crippen molar-refractivity contribution in [2.45, 2.75) is 30.7 Å². The van der Waals surface area contributed by atoms with E-state index in [1.165, 1.54) is 22.2 Å². The summed E-state index contributed by atoms with van der Waals surface area (Å²) in [5.74, 6) is -0.0270. The molecule has 3 rings (SSSR count). The fourth-order valence-electron chi connectivity index (χ4n) is 2.94. The van der Waals surface area contributed by atoms with Crippen LogP contribution in [0.3, 0.4) is 0 Å². The van der Waals surface area contributed by atoms with Crippen LogP contribution in [0.4, 0.5) is 5.69 Å². The van der Waals surface area contributed by atoms with Crippen LogP contribution < -0.4 is 10.1 Å². The monoisotopic (exact) mass is 378 g/mol. The Bertz CT molecular complexity index is 859. The molecule has 1 aromatic heterocycles. The highest BCUT2D eigenvalue weighted by atomic mass is 32.2. The van der Waals surface area contributed by atoms with Crippen molar-refractivity contribution >= 4 is 21.6 Å². The van der Waals surface area contributed by atoms with Gasteiger partial charge in [-0.3, -0.25) is 9.48 Å². The Labute approximate surface area is 152 Å². The molecule has 1 N–H and O–H groups in total. The summed E-state index contributed by atoms with van der Waals surface area (Å²) in [5, 5.41) is 6.69. The second-order valence-corrected chi connectivity index (χ2v) is 7.99. The number of sulfonamides is 1. The lowest BCUT2D eigenvalue weighted by atomic mass is 10.2. The number of carbonyl (C=O) groups is 1. The molecule has 0 bridgehead atoms. The Morgan fingerprint density at radius 1 is 1.27 bits per heavy atom. The maximum absolute atomic E-state index is 13.0. The van der Waals surface area contributed by atoms with Gasteiger partial charge >= 0.3 is 0 Å². The molecular formula is C17H22N4O4S. The number of carbonyl (C=O) groups excluding carboxylic acids is 1. The Hall–Kier alpha value is -2.39. The average Bonchev–Trinajstić information content (AvgIpc) is 3.15. The van der Waals surface area contributed by atoms with E-state index in [0.717, 1.165) is 19.3 Å². The first-order valence-electron chi connectivity index (χ1n) is 8.46. The van der Waals surface area contributed by atoms with E-state index in [0.29, 0.717) is 18.8 Å². The van der Waals surface area contributed by atoms with E-state index >= 15 is 0 Å². The van der Waals surface area contributed by atoms with Crippen molar-refractivity contribution in [1.82, 2.24) is 14.1 Å². The van der Waals surface area contributed by atoms with E-state index in [1.807, 2.05) is 0 Å². The number of amides is 1. The summed E-state index contributed by atoms with van der Waals surface area (Å²) in [6.07, 6.45) is 6.00. The summed E-state index contributed by atoms with van der Waals surface area (Å²) in [7, 11) is -2.24. The van der Waals surface area contributed by atoms with Crippen LogP contribution in [0.2, 0.25) is 0 Å². The third-order valence-electron chi connectivity index (χ3n) is 4.25. The van der Waals surface area contributed by atoms with Gasteiger partial charge in [-0.05, 0) is 37.1 Å². The van der Waals surface area contributed by atoms with E-state index in [4.69, 9.17) is 4.74 Å². The number of anilines is 1. The van der Waals surface area contributed by atoms with Crippen LogP contribution in [0.1, 0.15) is 19.3 Å². The number of methoxy groups -OCH3 is 1. The van der Waals surface area contributed by atoms with Gasteiger partial charge in [0.1, 0.15) is 17.2 Å². The van der Waals surface area contributed by atoms with Gasteiger partial charge in [0.25, 0.3) is 0 Å². The molecule has 1 amide bonds. The minimum atomic E-state index is -3.67. The van der Waals surface area contributed by atoms with Crippen LogP contribution >= 0.6 is 0 Å². The molecule has 9 heteroatoms. The van der Waals surface area contributed by atoms with Gasteiger partial charge in [0.2, 0.25) is 15.9 Å². The zero-order chi connectivity index (χ0) is 18.6. The van der Waals surface area contributed by atoms with Crippen LogP contribution in [0.5, 0.6) is 5.75 Å². The summed E-state index contributed by atoms with van der Waals surface area (Å²) in [6.45, 7) is 1.05. The number of piperidine rings is 1. The zero-order valence-electron chi connectivity index (χ0n) is 14.6. The fourth-order valence-corrected chi connectivity index (χ4v) is 4.64. The van der Waals surface area contributed by atoms with Crippen molar-refractivity contribution in [3.8, 4) is 5.75 Å². The Balaban J connectivity index is 1.83. The summed E-state index contributed by atoms with van der Waals surface area (Å²) in [6, 6.07) is 6.35. The molecule has 8 nitrogen and oxygen atoms in total. The molecule has 26 heavy (non-hydrogen) atoms. The van der Waals surface area contributed by atoms with E-state index in [-0.39, 0.29) is 23.1 Å². The van der Waals surface area contributed by atoms with E-state index in [2.05, 4.69) is 10.4 Å². The predicted octanol–water partition coefficient (Wildman–Crippen LogP) is 1.70. The van der Waals surface area contributed by atoms with E-state index < -0.39 is 10.0 Å². The van der Waals surface area contributed by atoms with E-state index in [1.54, 1.807) is 30.6 Å². The molecule has 0 spiro atoms. The van der Waals surface area contributed by atoms with Crippen LogP contribution in [-0.2, 0) is 21.4 Å². The van der Waals surface area contributed by atoms with Crippen LogP contribution in [-0.4, -0.2) is 48.6 Å². The van der Waals surface area contributed by atoms with Gasteiger partial charge in [0.15, 0.2) is 0 Å². The van der Waals surface area contributed by atoms with Crippen LogP contribution in [0, 0.1) is 0 Å². The van der Waals surface area contributed by atoms with Crippen molar-refractivity contribution < 1.29 is 17.9 Å². The molecule has 140 valence electrons. The Morgan fingerprint density at radius 3 is 2.69 bits per heavy atom. The standard InChI is InChI=1S/C17H22N4O4S/c1-25-15-7-6-14(19-17(22)13-20-9-5-8-18-20)12-16(15)26(23,24)21-10-3-2-4-11-21/h5-9,12H,2-4,10-11,13H2,1H3,(H,19,22). The largest absolute Gasteiger partial charge is 0.495 e. The number of nitrogens with one attached hydrogen (secondary N) is 1. The summed E-state index contributed by atoms with van der Waals surface area (Å²) >= 11 is 0. The van der Waals surface area contributed by atoms with E-state index in [9.17, 15) is 13.2 Å². The molecule has 1 aliphatic rings. The maximum atomic E-state index is 13.0. The lowest BCUT2D eigenvalue weighted by Crippen LogP contribution is -2.35. The molecule has 2 heterocycles. The van der Waals surface area contributed by atoms with Gasteiger partial charge in [-0.25, -0.2) is 8.42 Å². The number of hydrogen-bond donors (Lipinski definition) is 1. The van der Waals surface area contributed by atoms with Gasteiger partial charge in [0.05, 0.1) is 7.11 Å². The number of hydrogen-bond acceptors (Lipinski definition) is 5. The molecule has 0 aliphatic carbocycles. The van der Waals surface area contributed by atoms with Crippen molar-refractivity contribution in [2.24, 2.45) is 0 Å². The lowest BCUT2D eigenvalue weighted by Gasteiger charge is -2.26. The molecular weight excluding hydrogens is 356 g/mol. The first-order chi connectivity index (χ1) is 12.5. The van der Waals surface area contributed by atoms with Crippen molar-refractivity contribution in [2.75, 3.05) is 25.5 Å². The highest BCUT2D eigenvalue weighted by Gasteiger charge is 2.29. The minimum Gasteiger partial charge on any atom is -0.495 e. The molecule has 1 saturated heterocycles. The molecule has 0 saturated carbocycles. The topological polar surface area (TPSA) is 93.5 Å². The summed E-state index contributed by atoms with van der Waals surface area (Å²) in [5.41, 5.74) is 0.401. The minimum absolute atomic E-state index is 0.0488. The van der Waals surface area contributed by atoms with Crippen molar-refractivity contribution in [3.05, 3.63) is 36.7 Å². The molecule has 2 aromatic rings. The molecule has 0 atom stereocenters. The fraction of sp³-hybridized carbons (Fsp3) is 0.412. The number of ether oxygens (including phenoxy) is 1. The van der Waals surface area contributed by atoms with Gasteiger partial charge in [-0.1, -0.05) is 6.42 Å². The molecule has 1 aliphatic heterocycles. The normalized spacial score (nSPS) is 15.6. The third kappa shape index (κ3) is 4.05. The Morgan fingerprint density at radius 2 is 2.04 bits per heavy atom. The second kappa shape index (κ2) is 7.88. The molecule has 0 radical (unpaired) electrons. The highest BCUT2D eigenvalue weighted by Crippen LogP contribution is 2.31. The lowest BCUT2D eigenvalue weighted by molar-refractivity contribution is -0.116. The number of aromatic nitrogens is 2. The first-order valence-corrected chi connectivity index (χ1v) is 9.90. The zero-order valence-corrected chi connectivity index (χ0v) is 15.4. The molecule has 0 unspecified atom stereocenters.